The van der Waals surface area contributed by atoms with Crippen molar-refractivity contribution in [1.82, 2.24) is 9.55 Å². The molecule has 0 aliphatic heterocycles. The van der Waals surface area contributed by atoms with Crippen LogP contribution in [-0.4, -0.2) is 22.1 Å². The fourth-order valence-corrected chi connectivity index (χ4v) is 4.65. The number of hydrogen-bond acceptors (Lipinski definition) is 7. The summed E-state index contributed by atoms with van der Waals surface area (Å²) in [4.78, 5) is 17.1. The minimum absolute atomic E-state index is 0.269. The third kappa shape index (κ3) is 3.84. The van der Waals surface area contributed by atoms with Gasteiger partial charge in [-0.1, -0.05) is 42.1 Å². The fourth-order valence-electron chi connectivity index (χ4n) is 2.65. The number of carbonyl (C=O) groups is 1. The number of anilines is 1. The summed E-state index contributed by atoms with van der Waals surface area (Å²) >= 11 is 2.55. The van der Waals surface area contributed by atoms with Crippen LogP contribution in [0.3, 0.4) is 0 Å². The van der Waals surface area contributed by atoms with Gasteiger partial charge in [-0.3, -0.25) is 0 Å². The van der Waals surface area contributed by atoms with Gasteiger partial charge in [-0.2, -0.15) is 5.26 Å². The number of nitrogens with zero attached hydrogens (tertiary/aromatic N) is 3. The van der Waals surface area contributed by atoms with Gasteiger partial charge in [0, 0.05) is 18.4 Å². The zero-order valence-electron chi connectivity index (χ0n) is 14.9. The molecular weight excluding hydrogens is 380 g/mol. The summed E-state index contributed by atoms with van der Waals surface area (Å²) in [6, 6.07) is 12.1. The SMILES string of the molecule is CCOC(=O)c1sc(N)c(C#N)c1CSc1ncc(-c2ccccc2)n1C. The second kappa shape index (κ2) is 8.29. The van der Waals surface area contributed by atoms with Gasteiger partial charge >= 0.3 is 5.97 Å². The summed E-state index contributed by atoms with van der Waals surface area (Å²) in [5, 5.41) is 10.5. The number of esters is 1. The van der Waals surface area contributed by atoms with E-state index < -0.39 is 5.97 Å². The van der Waals surface area contributed by atoms with E-state index >= 15 is 0 Å². The largest absolute Gasteiger partial charge is 0.462 e. The van der Waals surface area contributed by atoms with Crippen LogP contribution in [0, 0.1) is 11.3 Å². The van der Waals surface area contributed by atoms with Crippen LogP contribution in [0.5, 0.6) is 0 Å². The highest BCUT2D eigenvalue weighted by Crippen LogP contribution is 2.36. The summed E-state index contributed by atoms with van der Waals surface area (Å²) in [5.74, 6) is -0.0415. The van der Waals surface area contributed by atoms with Crippen molar-refractivity contribution in [1.29, 1.82) is 5.26 Å². The van der Waals surface area contributed by atoms with E-state index in [1.54, 1.807) is 6.92 Å². The van der Waals surface area contributed by atoms with Crippen molar-refractivity contribution in [3.63, 3.8) is 0 Å². The van der Waals surface area contributed by atoms with Crippen LogP contribution in [0.2, 0.25) is 0 Å². The molecule has 0 amide bonds. The van der Waals surface area contributed by atoms with Crippen LogP contribution < -0.4 is 5.73 Å². The van der Waals surface area contributed by atoms with Crippen LogP contribution in [-0.2, 0) is 17.5 Å². The fraction of sp³-hybridized carbons (Fsp3) is 0.211. The first-order valence-electron chi connectivity index (χ1n) is 8.25. The number of nitrogens with two attached hydrogens (primary N) is 1. The molecule has 2 heterocycles. The monoisotopic (exact) mass is 398 g/mol. The Hall–Kier alpha value is -2.76. The van der Waals surface area contributed by atoms with Gasteiger partial charge in [0.15, 0.2) is 5.16 Å². The molecule has 0 atom stereocenters. The molecule has 0 radical (unpaired) electrons. The number of rotatable bonds is 6. The Morgan fingerprint density at radius 1 is 1.41 bits per heavy atom. The maximum atomic E-state index is 12.2. The van der Waals surface area contributed by atoms with Crippen LogP contribution in [0.15, 0.2) is 41.7 Å². The molecule has 6 nitrogen and oxygen atoms in total. The first kappa shape index (κ1) is 19.0. The topological polar surface area (TPSA) is 93.9 Å². The molecule has 0 saturated carbocycles. The second-order valence-electron chi connectivity index (χ2n) is 5.62. The van der Waals surface area contributed by atoms with Crippen molar-refractivity contribution in [3.05, 3.63) is 52.5 Å². The lowest BCUT2D eigenvalue weighted by molar-refractivity contribution is 0.0531. The van der Waals surface area contributed by atoms with E-state index in [2.05, 4.69) is 11.1 Å². The standard InChI is InChI=1S/C19H18N4O2S2/c1-3-25-18(24)16-14(13(9-20)17(21)27-16)11-26-19-22-10-15(23(19)2)12-7-5-4-6-8-12/h4-8,10H,3,11,21H2,1-2H3. The number of ether oxygens (including phenoxy) is 1. The quantitative estimate of drug-likeness (QED) is 0.497. The van der Waals surface area contributed by atoms with Crippen LogP contribution in [0.25, 0.3) is 11.3 Å². The Morgan fingerprint density at radius 2 is 2.15 bits per heavy atom. The Morgan fingerprint density at radius 3 is 2.81 bits per heavy atom. The minimum Gasteiger partial charge on any atom is -0.462 e. The molecule has 0 aliphatic carbocycles. The van der Waals surface area contributed by atoms with E-state index in [-0.39, 0.29) is 6.61 Å². The molecule has 1 aromatic carbocycles. The predicted molar refractivity (Wildman–Crippen MR) is 108 cm³/mol. The average Bonchev–Trinajstić information content (AvgIpc) is 3.20. The molecule has 3 rings (SSSR count). The highest BCUT2D eigenvalue weighted by molar-refractivity contribution is 7.98. The van der Waals surface area contributed by atoms with E-state index in [9.17, 15) is 10.1 Å². The first-order chi connectivity index (χ1) is 13.1. The molecule has 2 N–H and O–H groups in total. The number of nitrogen functional groups attached to an aromatic ring is 1. The molecule has 0 saturated heterocycles. The van der Waals surface area contributed by atoms with E-state index in [0.29, 0.717) is 26.8 Å². The van der Waals surface area contributed by atoms with E-state index in [4.69, 9.17) is 10.5 Å². The Balaban J connectivity index is 1.87. The number of hydrogen-bond donors (Lipinski definition) is 1. The summed E-state index contributed by atoms with van der Waals surface area (Å²) in [5.41, 5.74) is 8.94. The lowest BCUT2D eigenvalue weighted by Crippen LogP contribution is -2.05. The second-order valence-corrected chi connectivity index (χ2v) is 7.62. The molecule has 138 valence electrons. The smallest absolute Gasteiger partial charge is 0.348 e. The third-order valence-electron chi connectivity index (χ3n) is 3.97. The van der Waals surface area contributed by atoms with E-state index in [1.165, 1.54) is 11.8 Å². The van der Waals surface area contributed by atoms with Crippen LogP contribution >= 0.6 is 23.1 Å². The van der Waals surface area contributed by atoms with E-state index in [0.717, 1.165) is 27.8 Å². The van der Waals surface area contributed by atoms with Crippen molar-refractivity contribution in [2.45, 2.75) is 17.8 Å². The highest BCUT2D eigenvalue weighted by atomic mass is 32.2. The van der Waals surface area contributed by atoms with Crippen molar-refractivity contribution in [2.75, 3.05) is 12.3 Å². The van der Waals surface area contributed by atoms with Crippen LogP contribution in [0.1, 0.15) is 27.7 Å². The van der Waals surface area contributed by atoms with Crippen molar-refractivity contribution in [2.24, 2.45) is 7.05 Å². The Bertz CT molecular complexity index is 1000. The van der Waals surface area contributed by atoms with Gasteiger partial charge in [0.2, 0.25) is 0 Å². The lowest BCUT2D eigenvalue weighted by Gasteiger charge is -2.07. The van der Waals surface area contributed by atoms with Gasteiger partial charge < -0.3 is 15.0 Å². The summed E-state index contributed by atoms with van der Waals surface area (Å²) in [6.07, 6.45) is 1.82. The molecule has 0 aliphatic rings. The third-order valence-corrected chi connectivity index (χ3v) is 6.08. The maximum absolute atomic E-state index is 12.2. The van der Waals surface area contributed by atoms with Crippen molar-refractivity contribution < 1.29 is 9.53 Å². The predicted octanol–water partition coefficient (Wildman–Crippen LogP) is 4.07. The molecule has 0 spiro atoms. The minimum atomic E-state index is -0.448. The first-order valence-corrected chi connectivity index (χ1v) is 10.0. The van der Waals surface area contributed by atoms with Gasteiger partial charge in [-0.05, 0) is 12.5 Å². The van der Waals surface area contributed by atoms with Crippen molar-refractivity contribution in [3.8, 4) is 17.3 Å². The van der Waals surface area contributed by atoms with Gasteiger partial charge in [-0.25, -0.2) is 9.78 Å². The molecule has 27 heavy (non-hydrogen) atoms. The molecular formula is C19H18N4O2S2. The van der Waals surface area contributed by atoms with Gasteiger partial charge in [0.25, 0.3) is 0 Å². The zero-order chi connectivity index (χ0) is 19.4. The number of carbonyl (C=O) groups excluding carboxylic acids is 1. The molecule has 3 aromatic rings. The van der Waals surface area contributed by atoms with Crippen LogP contribution in [0.4, 0.5) is 5.00 Å². The summed E-state index contributed by atoms with van der Waals surface area (Å²) < 4.78 is 7.09. The number of aromatic nitrogens is 2. The highest BCUT2D eigenvalue weighted by Gasteiger charge is 2.23. The lowest BCUT2D eigenvalue weighted by atomic mass is 10.2. The Kier molecular flexibility index (Phi) is 5.84. The summed E-state index contributed by atoms with van der Waals surface area (Å²) in [6.45, 7) is 2.01. The van der Waals surface area contributed by atoms with Gasteiger partial charge in [-0.15, -0.1) is 11.3 Å². The van der Waals surface area contributed by atoms with Gasteiger partial charge in [0.05, 0.1) is 24.1 Å². The Labute approximate surface area is 165 Å². The van der Waals surface area contributed by atoms with E-state index in [1.807, 2.05) is 48.1 Å². The molecule has 2 aromatic heterocycles. The van der Waals surface area contributed by atoms with Gasteiger partial charge in [0.1, 0.15) is 15.9 Å². The number of imidazole rings is 1. The van der Waals surface area contributed by atoms with Crippen molar-refractivity contribution >= 4 is 34.1 Å². The maximum Gasteiger partial charge on any atom is 0.348 e. The number of thioether (sulfide) groups is 1. The summed E-state index contributed by atoms with van der Waals surface area (Å²) in [7, 11) is 1.94. The molecule has 0 bridgehead atoms. The molecule has 8 heteroatoms. The zero-order valence-corrected chi connectivity index (χ0v) is 16.6. The number of benzene rings is 1. The number of thiophene rings is 1. The average molecular weight is 399 g/mol. The molecule has 0 unspecified atom stereocenters. The number of nitriles is 1. The normalized spacial score (nSPS) is 10.6. The molecule has 0 fully saturated rings.